The largest absolute Gasteiger partial charge is 0.338 e. The first-order chi connectivity index (χ1) is 9.93. The van der Waals surface area contributed by atoms with Crippen LogP contribution in [0.25, 0.3) is 0 Å². The van der Waals surface area contributed by atoms with Gasteiger partial charge in [0.2, 0.25) is 0 Å². The number of halogens is 1. The van der Waals surface area contributed by atoms with Crippen LogP contribution in [-0.2, 0) is 16.4 Å². The van der Waals surface area contributed by atoms with E-state index in [2.05, 4.69) is 10.3 Å². The fraction of sp³-hybridized carbons (Fsp3) is 0.615. The molecule has 2 heterocycles. The molecule has 8 heteroatoms. The summed E-state index contributed by atoms with van der Waals surface area (Å²) >= 11 is 7.82. The van der Waals surface area contributed by atoms with Crippen LogP contribution in [0.4, 0.5) is 5.82 Å². The molecule has 1 aliphatic heterocycles. The fourth-order valence-corrected chi connectivity index (χ4v) is 5.20. The molecule has 5 nitrogen and oxygen atoms in total. The average molecular weight is 350 g/mol. The van der Waals surface area contributed by atoms with E-state index in [1.807, 2.05) is 11.8 Å². The summed E-state index contributed by atoms with van der Waals surface area (Å²) in [5.74, 6) is 2.16. The Morgan fingerprint density at radius 2 is 2.29 bits per heavy atom. The highest BCUT2D eigenvalue weighted by atomic mass is 35.5. The smallest absolute Gasteiger partial charge is 0.169 e. The summed E-state index contributed by atoms with van der Waals surface area (Å²) in [6, 6.07) is 3.59. The minimum absolute atomic E-state index is 0.517. The van der Waals surface area contributed by atoms with Gasteiger partial charge in [-0.05, 0) is 18.7 Å². The Bertz CT molecular complexity index is 595. The van der Waals surface area contributed by atoms with E-state index in [0.29, 0.717) is 29.7 Å². The lowest BCUT2D eigenvalue weighted by molar-refractivity contribution is 0.583. The molecular weight excluding hydrogens is 330 g/mol. The summed E-state index contributed by atoms with van der Waals surface area (Å²) in [7, 11) is -3.15. The van der Waals surface area contributed by atoms with Crippen LogP contribution in [0, 0.1) is 0 Å². The van der Waals surface area contributed by atoms with Gasteiger partial charge in [0.1, 0.15) is 11.2 Å². The zero-order valence-corrected chi connectivity index (χ0v) is 14.6. The number of thioether (sulfide) groups is 1. The molecule has 0 amide bonds. The van der Waals surface area contributed by atoms with Gasteiger partial charge >= 0.3 is 0 Å². The van der Waals surface area contributed by atoms with Crippen molar-refractivity contribution in [2.24, 2.45) is 0 Å². The van der Waals surface area contributed by atoms with Gasteiger partial charge in [-0.1, -0.05) is 18.5 Å². The van der Waals surface area contributed by atoms with Gasteiger partial charge in [0.05, 0.1) is 10.7 Å². The number of aromatic nitrogens is 1. The Hall–Kier alpha value is -0.500. The first-order valence-electron chi connectivity index (χ1n) is 6.83. The Kier molecular flexibility index (Phi) is 5.76. The van der Waals surface area contributed by atoms with Crippen molar-refractivity contribution >= 4 is 39.0 Å². The summed E-state index contributed by atoms with van der Waals surface area (Å²) in [5, 5.41) is 3.27. The Labute approximate surface area is 135 Å². The normalized spacial score (nSPS) is 19.8. The molecule has 1 N–H and O–H groups in total. The summed E-state index contributed by atoms with van der Waals surface area (Å²) in [6.07, 6.45) is 1.28. The molecule has 1 aromatic rings. The molecule has 1 unspecified atom stereocenters. The quantitative estimate of drug-likeness (QED) is 0.874. The monoisotopic (exact) mass is 349 g/mol. The van der Waals surface area contributed by atoms with Crippen molar-refractivity contribution in [1.82, 2.24) is 10.3 Å². The number of pyridine rings is 1. The predicted octanol–water partition coefficient (Wildman–Crippen LogP) is 1.77. The Balaban J connectivity index is 2.30. The zero-order valence-electron chi connectivity index (χ0n) is 12.2. The van der Waals surface area contributed by atoms with Crippen LogP contribution in [0.15, 0.2) is 12.1 Å². The molecule has 1 atom stereocenters. The molecule has 1 aromatic heterocycles. The van der Waals surface area contributed by atoms with Crippen molar-refractivity contribution in [2.45, 2.75) is 18.8 Å². The highest BCUT2D eigenvalue weighted by molar-refractivity contribution is 8.01. The molecule has 1 aliphatic rings. The molecule has 21 heavy (non-hydrogen) atoms. The molecular formula is C13H20ClN3O2S2. The van der Waals surface area contributed by atoms with Crippen molar-refractivity contribution in [3.8, 4) is 0 Å². The van der Waals surface area contributed by atoms with E-state index in [4.69, 9.17) is 11.6 Å². The van der Waals surface area contributed by atoms with Crippen LogP contribution in [0.2, 0.25) is 5.02 Å². The zero-order chi connectivity index (χ0) is 15.5. The second-order valence-corrected chi connectivity index (χ2v) is 8.69. The highest BCUT2D eigenvalue weighted by Gasteiger charge is 2.32. The highest BCUT2D eigenvalue weighted by Crippen LogP contribution is 2.27. The van der Waals surface area contributed by atoms with Crippen molar-refractivity contribution in [3.05, 3.63) is 22.8 Å². The topological polar surface area (TPSA) is 62.3 Å². The molecule has 0 bridgehead atoms. The molecule has 1 fully saturated rings. The molecule has 0 aliphatic carbocycles. The van der Waals surface area contributed by atoms with Crippen molar-refractivity contribution in [1.29, 1.82) is 0 Å². The van der Waals surface area contributed by atoms with Crippen LogP contribution < -0.4 is 10.2 Å². The Morgan fingerprint density at radius 1 is 1.52 bits per heavy atom. The maximum absolute atomic E-state index is 12.0. The van der Waals surface area contributed by atoms with E-state index in [1.165, 1.54) is 6.26 Å². The molecule has 118 valence electrons. The third kappa shape index (κ3) is 4.25. The van der Waals surface area contributed by atoms with E-state index in [9.17, 15) is 8.42 Å². The van der Waals surface area contributed by atoms with Gasteiger partial charge in [-0.2, -0.15) is 11.8 Å². The standard InChI is InChI=1S/C13H20ClN3O2S2/c1-3-15-8-11-10(14)4-5-12(16-11)17-6-7-20-9-13(17)21(2,18)19/h4-5,13,15H,3,6-9H2,1-2H3. The van der Waals surface area contributed by atoms with E-state index >= 15 is 0 Å². The van der Waals surface area contributed by atoms with Crippen molar-refractivity contribution in [2.75, 3.05) is 35.8 Å². The lowest BCUT2D eigenvalue weighted by atomic mass is 10.3. The van der Waals surface area contributed by atoms with Gasteiger partial charge in [0.15, 0.2) is 9.84 Å². The third-order valence-electron chi connectivity index (χ3n) is 3.32. The second kappa shape index (κ2) is 7.17. The van der Waals surface area contributed by atoms with Gasteiger partial charge in [-0.3, -0.25) is 0 Å². The van der Waals surface area contributed by atoms with E-state index in [-0.39, 0.29) is 0 Å². The lowest BCUT2D eigenvalue weighted by Gasteiger charge is -2.35. The maximum atomic E-state index is 12.0. The summed E-state index contributed by atoms with van der Waals surface area (Å²) in [6.45, 7) is 4.10. The van der Waals surface area contributed by atoms with Crippen LogP contribution in [0.1, 0.15) is 12.6 Å². The molecule has 0 spiro atoms. The number of hydrogen-bond donors (Lipinski definition) is 1. The molecule has 0 saturated carbocycles. The van der Waals surface area contributed by atoms with Crippen molar-refractivity contribution < 1.29 is 8.42 Å². The Morgan fingerprint density at radius 3 is 2.95 bits per heavy atom. The number of nitrogens with one attached hydrogen (secondary N) is 1. The predicted molar refractivity (Wildman–Crippen MR) is 89.9 cm³/mol. The minimum Gasteiger partial charge on any atom is -0.338 e. The van der Waals surface area contributed by atoms with Gasteiger partial charge in [0, 0.05) is 30.9 Å². The van der Waals surface area contributed by atoms with E-state index in [1.54, 1.807) is 23.9 Å². The molecule has 2 rings (SSSR count). The van der Waals surface area contributed by atoms with E-state index in [0.717, 1.165) is 18.0 Å². The minimum atomic E-state index is -3.15. The van der Waals surface area contributed by atoms with Gasteiger partial charge in [-0.25, -0.2) is 13.4 Å². The number of rotatable bonds is 5. The van der Waals surface area contributed by atoms with Gasteiger partial charge < -0.3 is 10.2 Å². The fourth-order valence-electron chi connectivity index (χ4n) is 2.20. The number of hydrogen-bond acceptors (Lipinski definition) is 6. The maximum Gasteiger partial charge on any atom is 0.169 e. The van der Waals surface area contributed by atoms with Crippen LogP contribution in [0.3, 0.4) is 0 Å². The third-order valence-corrected chi connectivity index (χ3v) is 6.31. The molecule has 1 saturated heterocycles. The number of anilines is 1. The average Bonchev–Trinajstić information content (AvgIpc) is 2.45. The summed E-state index contributed by atoms with van der Waals surface area (Å²) in [5.41, 5.74) is 0.751. The molecule has 0 aromatic carbocycles. The SMILES string of the molecule is CCNCc1nc(N2CCSCC2S(C)(=O)=O)ccc1Cl. The second-order valence-electron chi connectivity index (χ2n) is 4.93. The van der Waals surface area contributed by atoms with Crippen LogP contribution >= 0.6 is 23.4 Å². The first kappa shape index (κ1) is 16.9. The summed E-state index contributed by atoms with van der Waals surface area (Å²) < 4.78 is 23.9. The van der Waals surface area contributed by atoms with Crippen LogP contribution in [0.5, 0.6) is 0 Å². The van der Waals surface area contributed by atoms with Crippen LogP contribution in [-0.4, -0.2) is 49.6 Å². The lowest BCUT2D eigenvalue weighted by Crippen LogP contribution is -2.47. The number of nitrogens with zero attached hydrogens (tertiary/aromatic N) is 2. The van der Waals surface area contributed by atoms with Gasteiger partial charge in [-0.15, -0.1) is 0 Å². The molecule has 0 radical (unpaired) electrons. The van der Waals surface area contributed by atoms with E-state index < -0.39 is 15.2 Å². The first-order valence-corrected chi connectivity index (χ1v) is 10.3. The summed E-state index contributed by atoms with van der Waals surface area (Å²) in [4.78, 5) is 6.43. The number of sulfone groups is 1. The van der Waals surface area contributed by atoms with Crippen molar-refractivity contribution in [3.63, 3.8) is 0 Å². The van der Waals surface area contributed by atoms with Gasteiger partial charge in [0.25, 0.3) is 0 Å².